The van der Waals surface area contributed by atoms with E-state index in [1.165, 1.54) is 37.3 Å². The topological polar surface area (TPSA) is 63.2 Å². The van der Waals surface area contributed by atoms with Crippen LogP contribution in [0.1, 0.15) is 24.9 Å². The average molecular weight is 388 g/mol. The molecule has 1 amide bonds. The van der Waals surface area contributed by atoms with Gasteiger partial charge in [0.25, 0.3) is 0 Å². The molecule has 0 heterocycles. The Labute approximate surface area is 149 Å². The Morgan fingerprint density at radius 3 is 2.40 bits per heavy atom. The van der Waals surface area contributed by atoms with Gasteiger partial charge in [0.2, 0.25) is 5.91 Å². The highest BCUT2D eigenvalue weighted by Crippen LogP contribution is 2.19. The van der Waals surface area contributed by atoms with Crippen LogP contribution in [-0.2, 0) is 14.6 Å². The van der Waals surface area contributed by atoms with Crippen molar-refractivity contribution in [1.29, 1.82) is 0 Å². The summed E-state index contributed by atoms with van der Waals surface area (Å²) in [7, 11) is -3.63. The molecule has 2 aromatic carbocycles. The number of carbonyl (C=O) groups excluding carboxylic acids is 1. The third-order valence-electron chi connectivity index (χ3n) is 3.58. The number of hydrogen-bond donors (Lipinski definition) is 1. The van der Waals surface area contributed by atoms with Gasteiger partial charge < -0.3 is 5.32 Å². The maximum atomic E-state index is 13.7. The largest absolute Gasteiger partial charge is 0.349 e. The molecule has 0 unspecified atom stereocenters. The van der Waals surface area contributed by atoms with Crippen molar-refractivity contribution in [2.24, 2.45) is 0 Å². The van der Waals surface area contributed by atoms with Crippen LogP contribution in [0.5, 0.6) is 0 Å². The van der Waals surface area contributed by atoms with E-state index in [1.54, 1.807) is 0 Å². The van der Waals surface area contributed by atoms with Crippen LogP contribution in [0.25, 0.3) is 0 Å². The van der Waals surface area contributed by atoms with Crippen LogP contribution in [0.3, 0.4) is 0 Å². The highest BCUT2D eigenvalue weighted by molar-refractivity contribution is 7.91. The van der Waals surface area contributed by atoms with E-state index in [0.717, 1.165) is 12.1 Å². The molecule has 2 aromatic rings. The van der Waals surface area contributed by atoms with E-state index in [4.69, 9.17) is 11.6 Å². The Balaban J connectivity index is 1.97. The van der Waals surface area contributed by atoms with Crippen molar-refractivity contribution in [3.63, 3.8) is 0 Å². The minimum atomic E-state index is -3.63. The minimum absolute atomic E-state index is 0.0716. The first kappa shape index (κ1) is 19.3. The molecule has 0 aliphatic carbocycles. The van der Waals surface area contributed by atoms with E-state index >= 15 is 0 Å². The summed E-state index contributed by atoms with van der Waals surface area (Å²) >= 11 is 5.71. The summed E-state index contributed by atoms with van der Waals surface area (Å²) in [5, 5.41) is 2.91. The number of hydrogen-bond acceptors (Lipinski definition) is 3. The van der Waals surface area contributed by atoms with Gasteiger partial charge in [-0.1, -0.05) is 17.7 Å². The summed E-state index contributed by atoms with van der Waals surface area (Å²) in [6.07, 6.45) is -0.280. The summed E-state index contributed by atoms with van der Waals surface area (Å²) in [5.41, 5.74) is 0.121. The molecule has 25 heavy (non-hydrogen) atoms. The number of rotatable bonds is 6. The number of nitrogens with one attached hydrogen (secondary N) is 1. The SMILES string of the molecule is C[C@@H](NC(=O)CCS(=O)(=O)c1ccc(Cl)cc1)c1ccc(F)cc1F. The Hall–Kier alpha value is -1.99. The lowest BCUT2D eigenvalue weighted by molar-refractivity contribution is -0.121. The molecule has 8 heteroatoms. The van der Waals surface area contributed by atoms with E-state index in [1.807, 2.05) is 0 Å². The Kier molecular flexibility index (Phi) is 6.13. The summed E-state index contributed by atoms with van der Waals surface area (Å²) < 4.78 is 50.9. The molecule has 1 N–H and O–H groups in total. The van der Waals surface area contributed by atoms with Crippen molar-refractivity contribution < 1.29 is 22.0 Å². The fraction of sp³-hybridized carbons (Fsp3) is 0.235. The number of benzene rings is 2. The fourth-order valence-electron chi connectivity index (χ4n) is 2.23. The van der Waals surface area contributed by atoms with Gasteiger partial charge in [-0.25, -0.2) is 17.2 Å². The molecule has 0 radical (unpaired) electrons. The third kappa shape index (κ3) is 5.24. The molecule has 2 rings (SSSR count). The van der Waals surface area contributed by atoms with Crippen LogP contribution < -0.4 is 5.32 Å². The van der Waals surface area contributed by atoms with Crippen LogP contribution in [0.15, 0.2) is 47.4 Å². The molecule has 1 atom stereocenters. The van der Waals surface area contributed by atoms with E-state index in [-0.39, 0.29) is 22.6 Å². The van der Waals surface area contributed by atoms with Gasteiger partial charge in [-0.2, -0.15) is 0 Å². The van der Waals surface area contributed by atoms with Crippen LogP contribution in [0.2, 0.25) is 5.02 Å². The van der Waals surface area contributed by atoms with Gasteiger partial charge in [0.15, 0.2) is 9.84 Å². The zero-order valence-electron chi connectivity index (χ0n) is 13.3. The highest BCUT2D eigenvalue weighted by Gasteiger charge is 2.19. The lowest BCUT2D eigenvalue weighted by Crippen LogP contribution is -2.28. The molecule has 0 saturated heterocycles. The molecule has 4 nitrogen and oxygen atoms in total. The fourth-order valence-corrected chi connectivity index (χ4v) is 3.60. The second kappa shape index (κ2) is 7.93. The summed E-state index contributed by atoms with van der Waals surface area (Å²) in [4.78, 5) is 12.0. The predicted molar refractivity (Wildman–Crippen MR) is 91.0 cm³/mol. The summed E-state index contributed by atoms with van der Waals surface area (Å²) in [6.45, 7) is 1.53. The van der Waals surface area contributed by atoms with Gasteiger partial charge in [0, 0.05) is 23.1 Å². The molecule has 0 aromatic heterocycles. The quantitative estimate of drug-likeness (QED) is 0.822. The molecule has 0 fully saturated rings. The molecule has 0 aliphatic heterocycles. The van der Waals surface area contributed by atoms with Crippen LogP contribution in [-0.4, -0.2) is 20.1 Å². The van der Waals surface area contributed by atoms with Crippen molar-refractivity contribution in [2.75, 3.05) is 5.75 Å². The molecule has 0 aliphatic rings. The van der Waals surface area contributed by atoms with Crippen LogP contribution in [0, 0.1) is 11.6 Å². The minimum Gasteiger partial charge on any atom is -0.349 e. The molecule has 0 spiro atoms. The van der Waals surface area contributed by atoms with Gasteiger partial charge in [-0.05, 0) is 37.3 Å². The van der Waals surface area contributed by atoms with Gasteiger partial charge in [-0.15, -0.1) is 0 Å². The second-order valence-corrected chi connectivity index (χ2v) is 8.02. The van der Waals surface area contributed by atoms with E-state index in [2.05, 4.69) is 5.32 Å². The normalized spacial score (nSPS) is 12.6. The van der Waals surface area contributed by atoms with Gasteiger partial charge >= 0.3 is 0 Å². The maximum absolute atomic E-state index is 13.7. The number of carbonyl (C=O) groups is 1. The lowest BCUT2D eigenvalue weighted by atomic mass is 10.1. The Morgan fingerprint density at radius 2 is 1.80 bits per heavy atom. The average Bonchev–Trinajstić information content (AvgIpc) is 2.53. The Bertz CT molecular complexity index is 870. The van der Waals surface area contributed by atoms with Gasteiger partial charge in [0.05, 0.1) is 16.7 Å². The first-order chi connectivity index (χ1) is 11.7. The van der Waals surface area contributed by atoms with E-state index in [0.29, 0.717) is 5.02 Å². The molecular weight excluding hydrogens is 372 g/mol. The smallest absolute Gasteiger partial charge is 0.221 e. The standard InChI is InChI=1S/C17H16ClF2NO3S/c1-11(15-7-4-13(19)10-16(15)20)21-17(22)8-9-25(23,24)14-5-2-12(18)3-6-14/h2-7,10-11H,8-9H2,1H3,(H,21,22)/t11-/m1/s1. The number of sulfone groups is 1. The molecular formula is C17H16ClF2NO3S. The predicted octanol–water partition coefficient (Wildman–Crippen LogP) is 3.66. The van der Waals surface area contributed by atoms with Crippen molar-refractivity contribution in [2.45, 2.75) is 24.3 Å². The monoisotopic (exact) mass is 387 g/mol. The van der Waals surface area contributed by atoms with Gasteiger partial charge in [0.1, 0.15) is 11.6 Å². The lowest BCUT2D eigenvalue weighted by Gasteiger charge is -2.15. The second-order valence-electron chi connectivity index (χ2n) is 5.48. The zero-order chi connectivity index (χ0) is 18.6. The van der Waals surface area contributed by atoms with E-state index < -0.39 is 33.4 Å². The van der Waals surface area contributed by atoms with Crippen LogP contribution >= 0.6 is 11.6 Å². The first-order valence-electron chi connectivity index (χ1n) is 7.41. The summed E-state index contributed by atoms with van der Waals surface area (Å²) in [5.74, 6) is -2.43. The molecule has 0 saturated carbocycles. The highest BCUT2D eigenvalue weighted by atomic mass is 35.5. The molecule has 134 valence electrons. The van der Waals surface area contributed by atoms with Crippen molar-refractivity contribution in [3.8, 4) is 0 Å². The van der Waals surface area contributed by atoms with Gasteiger partial charge in [-0.3, -0.25) is 4.79 Å². The third-order valence-corrected chi connectivity index (χ3v) is 5.56. The van der Waals surface area contributed by atoms with E-state index in [9.17, 15) is 22.0 Å². The van der Waals surface area contributed by atoms with Crippen molar-refractivity contribution >= 4 is 27.3 Å². The Morgan fingerprint density at radius 1 is 1.16 bits per heavy atom. The molecule has 0 bridgehead atoms. The van der Waals surface area contributed by atoms with Crippen LogP contribution in [0.4, 0.5) is 8.78 Å². The first-order valence-corrected chi connectivity index (χ1v) is 9.45. The number of halogens is 3. The van der Waals surface area contributed by atoms with Crippen molar-refractivity contribution in [1.82, 2.24) is 5.32 Å². The maximum Gasteiger partial charge on any atom is 0.221 e. The number of amides is 1. The van der Waals surface area contributed by atoms with Crippen molar-refractivity contribution in [3.05, 3.63) is 64.7 Å². The zero-order valence-corrected chi connectivity index (χ0v) is 14.9. The summed E-state index contributed by atoms with van der Waals surface area (Å²) in [6, 6.07) is 7.97.